The fraction of sp³-hybridized carbons (Fsp3) is 0.172. The lowest BCUT2D eigenvalue weighted by atomic mass is 9.78. The Morgan fingerprint density at radius 3 is 1.43 bits per heavy atom. The van der Waals surface area contributed by atoms with Gasteiger partial charge >= 0.3 is 10.4 Å². The van der Waals surface area contributed by atoms with E-state index in [1.807, 2.05) is 38.1 Å². The van der Waals surface area contributed by atoms with Gasteiger partial charge in [0.25, 0.3) is 0 Å². The summed E-state index contributed by atoms with van der Waals surface area (Å²) in [5.74, 6) is 0.741. The standard InChI is InChI=1S/C29H28F2N2O6S3/c1-29(2,21-5-13-25(38-3)14-6-21)22-7-15-26(16-8-22)39-42(31,37)33-24-11-19-28(20-12-24)41(35,36)27-17-9-23(10-18-27)32-40(4,30)34/h5-20H,1-4H3. The number of hydrogen-bond acceptors (Lipinski definition) is 8. The molecule has 0 aliphatic carbocycles. The highest BCUT2D eigenvalue weighted by Crippen LogP contribution is 2.34. The van der Waals surface area contributed by atoms with Gasteiger partial charge in [0.1, 0.15) is 11.5 Å². The maximum Gasteiger partial charge on any atom is 0.382 e. The molecule has 0 radical (unpaired) electrons. The zero-order valence-electron chi connectivity index (χ0n) is 23.1. The summed E-state index contributed by atoms with van der Waals surface area (Å²) in [6, 6.07) is 23.7. The lowest BCUT2D eigenvalue weighted by Crippen LogP contribution is -2.18. The zero-order chi connectivity index (χ0) is 30.8. The highest BCUT2D eigenvalue weighted by atomic mass is 32.3. The molecule has 42 heavy (non-hydrogen) atoms. The molecule has 2 atom stereocenters. The molecule has 0 saturated heterocycles. The molecule has 0 N–H and O–H groups in total. The number of hydrogen-bond donors (Lipinski definition) is 0. The molecule has 0 spiro atoms. The summed E-state index contributed by atoms with van der Waals surface area (Å²) in [7, 11) is -11.0. The molecule has 0 heterocycles. The van der Waals surface area contributed by atoms with E-state index < -0.39 is 30.3 Å². The molecule has 0 amide bonds. The number of sulfone groups is 1. The average Bonchev–Trinajstić information content (AvgIpc) is 2.92. The zero-order valence-corrected chi connectivity index (χ0v) is 25.5. The molecule has 222 valence electrons. The van der Waals surface area contributed by atoms with E-state index in [-0.39, 0.29) is 32.3 Å². The summed E-state index contributed by atoms with van der Waals surface area (Å²) in [6.45, 7) is 4.06. The quantitative estimate of drug-likeness (QED) is 0.177. The van der Waals surface area contributed by atoms with Crippen molar-refractivity contribution in [2.24, 2.45) is 8.73 Å². The predicted octanol–water partition coefficient (Wildman–Crippen LogP) is 7.45. The molecule has 4 aromatic rings. The van der Waals surface area contributed by atoms with Crippen molar-refractivity contribution in [3.63, 3.8) is 0 Å². The van der Waals surface area contributed by atoms with Gasteiger partial charge in [-0.05, 0) is 83.9 Å². The van der Waals surface area contributed by atoms with Crippen molar-refractivity contribution >= 4 is 41.7 Å². The van der Waals surface area contributed by atoms with E-state index in [1.54, 1.807) is 19.2 Å². The second kappa shape index (κ2) is 11.8. The molecule has 0 fully saturated rings. The first-order chi connectivity index (χ1) is 19.6. The Kier molecular flexibility index (Phi) is 8.76. The van der Waals surface area contributed by atoms with Gasteiger partial charge in [-0.3, -0.25) is 0 Å². The van der Waals surface area contributed by atoms with Gasteiger partial charge in [-0.2, -0.15) is 8.57 Å². The Hall–Kier alpha value is -3.81. The van der Waals surface area contributed by atoms with Crippen LogP contribution in [0.25, 0.3) is 0 Å². The third-order valence-corrected chi connectivity index (χ3v) is 9.51. The van der Waals surface area contributed by atoms with Crippen molar-refractivity contribution in [3.8, 4) is 11.5 Å². The highest BCUT2D eigenvalue weighted by molar-refractivity contribution is 7.91. The first kappa shape index (κ1) is 31.1. The Bertz CT molecular complexity index is 1920. The number of benzene rings is 4. The Morgan fingerprint density at radius 2 is 1.02 bits per heavy atom. The second-order valence-corrected chi connectivity index (χ2v) is 14.5. The third-order valence-electron chi connectivity index (χ3n) is 6.36. The van der Waals surface area contributed by atoms with E-state index in [9.17, 15) is 24.6 Å². The fourth-order valence-corrected chi connectivity index (χ4v) is 6.58. The van der Waals surface area contributed by atoms with Crippen LogP contribution in [0.1, 0.15) is 25.0 Å². The monoisotopic (exact) mass is 634 g/mol. The number of ether oxygens (including phenoxy) is 1. The van der Waals surface area contributed by atoms with E-state index in [0.29, 0.717) is 0 Å². The number of methoxy groups -OCH3 is 1. The number of halogens is 2. The average molecular weight is 635 g/mol. The largest absolute Gasteiger partial charge is 0.497 e. The van der Waals surface area contributed by atoms with Crippen molar-refractivity contribution in [2.75, 3.05) is 13.4 Å². The molecule has 8 nitrogen and oxygen atoms in total. The molecular formula is C29H28F2N2O6S3. The van der Waals surface area contributed by atoms with Crippen LogP contribution < -0.4 is 8.92 Å². The van der Waals surface area contributed by atoms with Gasteiger partial charge in [-0.1, -0.05) is 42.0 Å². The lowest BCUT2D eigenvalue weighted by Gasteiger charge is -2.26. The molecular weight excluding hydrogens is 607 g/mol. The van der Waals surface area contributed by atoms with Gasteiger partial charge in [-0.25, -0.2) is 12.6 Å². The van der Waals surface area contributed by atoms with Crippen LogP contribution >= 0.6 is 0 Å². The van der Waals surface area contributed by atoms with E-state index in [0.717, 1.165) is 23.1 Å². The van der Waals surface area contributed by atoms with Crippen LogP contribution in [0, 0.1) is 0 Å². The van der Waals surface area contributed by atoms with Crippen molar-refractivity contribution in [1.29, 1.82) is 0 Å². The van der Waals surface area contributed by atoms with Crippen molar-refractivity contribution in [2.45, 2.75) is 29.1 Å². The van der Waals surface area contributed by atoms with Gasteiger partial charge in [-0.15, -0.1) is 8.25 Å². The topological polar surface area (TPSA) is 111 Å². The minimum atomic E-state index is -4.67. The fourth-order valence-electron chi connectivity index (χ4n) is 4.06. The summed E-state index contributed by atoms with van der Waals surface area (Å²) >= 11 is 0. The van der Waals surface area contributed by atoms with Crippen molar-refractivity contribution in [1.82, 2.24) is 0 Å². The van der Waals surface area contributed by atoms with E-state index in [2.05, 4.69) is 8.73 Å². The van der Waals surface area contributed by atoms with Gasteiger partial charge in [0.15, 0.2) is 0 Å². The van der Waals surface area contributed by atoms with E-state index in [1.165, 1.54) is 60.7 Å². The predicted molar refractivity (Wildman–Crippen MR) is 159 cm³/mol. The minimum Gasteiger partial charge on any atom is -0.497 e. The van der Waals surface area contributed by atoms with Crippen LogP contribution in [-0.4, -0.2) is 30.2 Å². The summed E-state index contributed by atoms with van der Waals surface area (Å²) in [5, 5.41) is 0. The first-order valence-electron chi connectivity index (χ1n) is 12.4. The third kappa shape index (κ3) is 7.52. The molecule has 0 saturated carbocycles. The number of rotatable bonds is 9. The lowest BCUT2D eigenvalue weighted by molar-refractivity contribution is 0.414. The summed E-state index contributed by atoms with van der Waals surface area (Å²) in [5.41, 5.74) is 1.47. The minimum absolute atomic E-state index is 0.00145. The van der Waals surface area contributed by atoms with Crippen LogP contribution in [0.4, 0.5) is 19.1 Å². The maximum absolute atomic E-state index is 14.8. The molecule has 2 unspecified atom stereocenters. The van der Waals surface area contributed by atoms with Gasteiger partial charge in [0.2, 0.25) is 20.0 Å². The van der Waals surface area contributed by atoms with Gasteiger partial charge in [0.05, 0.1) is 28.3 Å². The summed E-state index contributed by atoms with van der Waals surface area (Å²) < 4.78 is 94.8. The first-order valence-corrected chi connectivity index (χ1v) is 17.0. The van der Waals surface area contributed by atoms with E-state index >= 15 is 0 Å². The number of nitrogens with zero attached hydrogens (tertiary/aromatic N) is 2. The Labute approximate surface area is 245 Å². The summed E-state index contributed by atoms with van der Waals surface area (Å²) in [4.78, 5) is -0.263. The molecule has 13 heteroatoms. The van der Waals surface area contributed by atoms with Crippen LogP contribution in [0.15, 0.2) is 116 Å². The van der Waals surface area contributed by atoms with Gasteiger partial charge < -0.3 is 8.92 Å². The molecule has 0 aliphatic rings. The van der Waals surface area contributed by atoms with Crippen LogP contribution in [0.5, 0.6) is 11.5 Å². The molecule has 0 bridgehead atoms. The molecule has 0 aromatic heterocycles. The molecule has 4 rings (SSSR count). The molecule has 4 aromatic carbocycles. The smallest absolute Gasteiger partial charge is 0.382 e. The Morgan fingerprint density at radius 1 is 0.619 bits per heavy atom. The van der Waals surface area contributed by atoms with Crippen molar-refractivity contribution < 1.29 is 33.5 Å². The SMILES string of the molecule is COc1ccc(C(C)(C)c2ccc(OS(=O)(F)=Nc3ccc(S(=O)(=O)c4ccc(N=S(C)(=O)F)cc4)cc3)cc2)cc1. The van der Waals surface area contributed by atoms with E-state index in [4.69, 9.17) is 8.92 Å². The Balaban J connectivity index is 1.49. The van der Waals surface area contributed by atoms with Crippen LogP contribution in [0.2, 0.25) is 0 Å². The normalized spacial score (nSPS) is 14.7. The second-order valence-electron chi connectivity index (χ2n) is 9.76. The summed E-state index contributed by atoms with van der Waals surface area (Å²) in [6.07, 6.45) is 0.812. The van der Waals surface area contributed by atoms with Crippen LogP contribution in [0.3, 0.4) is 0 Å². The molecule has 0 aliphatic heterocycles. The van der Waals surface area contributed by atoms with Crippen LogP contribution in [-0.2, 0) is 35.8 Å². The van der Waals surface area contributed by atoms with Gasteiger partial charge in [0, 0.05) is 11.7 Å². The highest BCUT2D eigenvalue weighted by Gasteiger charge is 2.24. The van der Waals surface area contributed by atoms with Crippen molar-refractivity contribution in [3.05, 3.63) is 108 Å². The maximum atomic E-state index is 14.8.